The zero-order valence-electron chi connectivity index (χ0n) is 11.0. The number of piperidine rings is 1. The Balaban J connectivity index is 2.18. The van der Waals surface area contributed by atoms with Gasteiger partial charge in [-0.25, -0.2) is 8.42 Å². The third-order valence-electron chi connectivity index (χ3n) is 4.81. The van der Waals surface area contributed by atoms with Crippen molar-refractivity contribution in [2.45, 2.75) is 51.2 Å². The van der Waals surface area contributed by atoms with Gasteiger partial charge in [-0.1, -0.05) is 6.92 Å². The van der Waals surface area contributed by atoms with Gasteiger partial charge in [0.05, 0.1) is 11.5 Å². The molecular weight excluding hydrogens is 236 g/mol. The molecular formula is C12H24N2O2S. The molecule has 2 rings (SSSR count). The summed E-state index contributed by atoms with van der Waals surface area (Å²) in [6.07, 6.45) is 1.74. The van der Waals surface area contributed by atoms with Crippen LogP contribution in [0, 0.1) is 5.92 Å². The summed E-state index contributed by atoms with van der Waals surface area (Å²) in [6.45, 7) is 7.38. The molecule has 2 fully saturated rings. The van der Waals surface area contributed by atoms with Gasteiger partial charge in [-0.3, -0.25) is 4.90 Å². The normalized spacial score (nSPS) is 47.2. The van der Waals surface area contributed by atoms with Gasteiger partial charge in [-0.15, -0.1) is 0 Å². The van der Waals surface area contributed by atoms with E-state index in [0.717, 1.165) is 19.4 Å². The molecule has 0 aromatic carbocycles. The molecule has 100 valence electrons. The summed E-state index contributed by atoms with van der Waals surface area (Å²) in [5, 5.41) is 0. The molecule has 0 aromatic heterocycles. The second kappa shape index (κ2) is 4.21. The van der Waals surface area contributed by atoms with Crippen LogP contribution in [0.4, 0.5) is 0 Å². The average Bonchev–Trinajstić information content (AvgIpc) is 2.50. The largest absolute Gasteiger partial charge is 0.327 e. The van der Waals surface area contributed by atoms with Gasteiger partial charge in [0.15, 0.2) is 9.84 Å². The molecule has 2 aliphatic heterocycles. The zero-order valence-corrected chi connectivity index (χ0v) is 11.8. The molecule has 2 N–H and O–H groups in total. The molecule has 0 aromatic rings. The first-order valence-corrected chi connectivity index (χ1v) is 8.30. The number of nitrogens with zero attached hydrogens (tertiary/aromatic N) is 1. The van der Waals surface area contributed by atoms with Gasteiger partial charge in [-0.05, 0) is 32.6 Å². The molecule has 0 aliphatic carbocycles. The Hall–Kier alpha value is -0.130. The predicted molar refractivity (Wildman–Crippen MR) is 69.6 cm³/mol. The van der Waals surface area contributed by atoms with Crippen molar-refractivity contribution in [3.05, 3.63) is 0 Å². The van der Waals surface area contributed by atoms with E-state index in [2.05, 4.69) is 25.7 Å². The van der Waals surface area contributed by atoms with Crippen LogP contribution in [0.15, 0.2) is 0 Å². The fourth-order valence-electron chi connectivity index (χ4n) is 3.38. The highest BCUT2D eigenvalue weighted by molar-refractivity contribution is 7.91. The van der Waals surface area contributed by atoms with Crippen molar-refractivity contribution in [2.75, 3.05) is 18.1 Å². The summed E-state index contributed by atoms with van der Waals surface area (Å²) in [5.74, 6) is 1.09. The van der Waals surface area contributed by atoms with Gasteiger partial charge in [0.25, 0.3) is 0 Å². The van der Waals surface area contributed by atoms with Gasteiger partial charge in [-0.2, -0.15) is 0 Å². The first-order valence-electron chi connectivity index (χ1n) is 6.48. The highest BCUT2D eigenvalue weighted by Crippen LogP contribution is 2.35. The second-order valence-corrected chi connectivity index (χ2v) is 8.27. The Morgan fingerprint density at radius 2 is 2.00 bits per heavy atom. The fourth-order valence-corrected chi connectivity index (χ4v) is 5.53. The smallest absolute Gasteiger partial charge is 0.152 e. The van der Waals surface area contributed by atoms with Crippen LogP contribution in [0.2, 0.25) is 0 Å². The molecule has 5 heteroatoms. The lowest BCUT2D eigenvalue weighted by Gasteiger charge is -2.49. The van der Waals surface area contributed by atoms with E-state index in [1.807, 2.05) is 0 Å². The van der Waals surface area contributed by atoms with E-state index in [4.69, 9.17) is 5.73 Å². The van der Waals surface area contributed by atoms with Crippen LogP contribution < -0.4 is 5.73 Å². The first-order chi connectivity index (χ1) is 7.75. The van der Waals surface area contributed by atoms with Crippen LogP contribution in [0.25, 0.3) is 0 Å². The molecule has 0 spiro atoms. The lowest BCUT2D eigenvalue weighted by Crippen LogP contribution is -2.60. The van der Waals surface area contributed by atoms with Gasteiger partial charge in [0, 0.05) is 24.2 Å². The lowest BCUT2D eigenvalue weighted by atomic mass is 9.83. The van der Waals surface area contributed by atoms with Gasteiger partial charge in [0.1, 0.15) is 0 Å². The number of hydrogen-bond acceptors (Lipinski definition) is 4. The maximum atomic E-state index is 11.7. The quantitative estimate of drug-likeness (QED) is 0.751. The van der Waals surface area contributed by atoms with E-state index in [-0.39, 0.29) is 11.6 Å². The summed E-state index contributed by atoms with van der Waals surface area (Å²) in [7, 11) is -2.83. The number of hydrogen-bond donors (Lipinski definition) is 1. The van der Waals surface area contributed by atoms with Crippen molar-refractivity contribution >= 4 is 9.84 Å². The summed E-state index contributed by atoms with van der Waals surface area (Å²) in [6, 6.07) is 0.625. The topological polar surface area (TPSA) is 63.4 Å². The van der Waals surface area contributed by atoms with Crippen molar-refractivity contribution < 1.29 is 8.42 Å². The first kappa shape index (κ1) is 13.3. The summed E-state index contributed by atoms with van der Waals surface area (Å²) in [5.41, 5.74) is 5.91. The van der Waals surface area contributed by atoms with Gasteiger partial charge in [0.2, 0.25) is 0 Å². The average molecular weight is 260 g/mol. The molecule has 4 atom stereocenters. The van der Waals surface area contributed by atoms with Gasteiger partial charge >= 0.3 is 0 Å². The lowest BCUT2D eigenvalue weighted by molar-refractivity contribution is 0.0154. The third kappa shape index (κ3) is 2.37. The number of nitrogens with two attached hydrogens (primary N) is 1. The molecule has 2 aliphatic rings. The monoisotopic (exact) mass is 260 g/mol. The fraction of sp³-hybridized carbons (Fsp3) is 1.00. The van der Waals surface area contributed by atoms with Crippen LogP contribution in [0.3, 0.4) is 0 Å². The highest BCUT2D eigenvalue weighted by atomic mass is 32.2. The van der Waals surface area contributed by atoms with E-state index < -0.39 is 9.84 Å². The number of rotatable bonds is 1. The predicted octanol–water partition coefficient (Wildman–Crippen LogP) is 0.621. The summed E-state index contributed by atoms with van der Waals surface area (Å²) < 4.78 is 23.4. The molecule has 2 saturated heterocycles. The van der Waals surface area contributed by atoms with Crippen molar-refractivity contribution in [2.24, 2.45) is 11.7 Å². The molecule has 0 radical (unpaired) electrons. The zero-order chi connectivity index (χ0) is 12.8. The Morgan fingerprint density at radius 3 is 2.53 bits per heavy atom. The minimum atomic E-state index is -2.83. The SMILES string of the molecule is CC1C(N)CCN(C2(C)CCS(=O)(=O)C2)C1C. The maximum Gasteiger partial charge on any atom is 0.152 e. The highest BCUT2D eigenvalue weighted by Gasteiger charge is 2.47. The molecule has 0 saturated carbocycles. The minimum absolute atomic E-state index is 0.174. The third-order valence-corrected chi connectivity index (χ3v) is 6.69. The Morgan fingerprint density at radius 1 is 1.35 bits per heavy atom. The van der Waals surface area contributed by atoms with Crippen LogP contribution in [-0.4, -0.2) is 49.0 Å². The standard InChI is InChI=1S/C12H24N2O2S/c1-9-10(2)14(6-4-11(9)13)12(3)5-7-17(15,16)8-12/h9-11H,4-8,13H2,1-3H3. The van der Waals surface area contributed by atoms with Crippen molar-refractivity contribution in [3.63, 3.8) is 0 Å². The van der Waals surface area contributed by atoms with Crippen LogP contribution >= 0.6 is 0 Å². The van der Waals surface area contributed by atoms with Crippen LogP contribution in [0.1, 0.15) is 33.6 Å². The second-order valence-electron chi connectivity index (χ2n) is 6.08. The van der Waals surface area contributed by atoms with Crippen LogP contribution in [0.5, 0.6) is 0 Å². The molecule has 4 nitrogen and oxygen atoms in total. The van der Waals surface area contributed by atoms with E-state index in [1.54, 1.807) is 0 Å². The molecule has 0 amide bonds. The van der Waals surface area contributed by atoms with E-state index in [0.29, 0.717) is 23.5 Å². The van der Waals surface area contributed by atoms with Crippen molar-refractivity contribution in [1.82, 2.24) is 4.90 Å². The van der Waals surface area contributed by atoms with Crippen molar-refractivity contribution in [3.8, 4) is 0 Å². The Kier molecular flexibility index (Phi) is 3.30. The molecule has 2 heterocycles. The minimum Gasteiger partial charge on any atom is -0.327 e. The number of sulfone groups is 1. The summed E-state index contributed by atoms with van der Waals surface area (Å²) >= 11 is 0. The van der Waals surface area contributed by atoms with E-state index in [1.165, 1.54) is 0 Å². The van der Waals surface area contributed by atoms with Crippen LogP contribution in [-0.2, 0) is 9.84 Å². The Bertz CT molecular complexity index is 395. The van der Waals surface area contributed by atoms with E-state index >= 15 is 0 Å². The molecule has 17 heavy (non-hydrogen) atoms. The van der Waals surface area contributed by atoms with E-state index in [9.17, 15) is 8.42 Å². The molecule has 4 unspecified atom stereocenters. The molecule has 0 bridgehead atoms. The summed E-state index contributed by atoms with van der Waals surface area (Å²) in [4.78, 5) is 2.38. The Labute approximate surface area is 104 Å². The van der Waals surface area contributed by atoms with Crippen molar-refractivity contribution in [1.29, 1.82) is 0 Å². The van der Waals surface area contributed by atoms with Gasteiger partial charge < -0.3 is 5.73 Å². The maximum absolute atomic E-state index is 11.7. The number of likely N-dealkylation sites (tertiary alicyclic amines) is 1.